The average molecular weight is 137 g/mol. The summed E-state index contributed by atoms with van der Waals surface area (Å²) in [7, 11) is 0. The lowest BCUT2D eigenvalue weighted by Crippen LogP contribution is -2.12. The van der Waals surface area contributed by atoms with Crippen LogP contribution < -0.4 is 5.32 Å². The van der Waals surface area contributed by atoms with Crippen molar-refractivity contribution in [1.29, 1.82) is 0 Å². The van der Waals surface area contributed by atoms with Crippen LogP contribution in [0.15, 0.2) is 16.4 Å². The molecular formula is C6H5N2S. The molecular weight excluding hydrogens is 132 g/mol. The van der Waals surface area contributed by atoms with Gasteiger partial charge in [0.25, 0.3) is 0 Å². The van der Waals surface area contributed by atoms with E-state index in [0.29, 0.717) is 0 Å². The Morgan fingerprint density at radius 2 is 2.78 bits per heavy atom. The molecule has 9 heavy (non-hydrogen) atoms. The number of nitrogens with one attached hydrogen (secondary N) is 1. The molecule has 2 nitrogen and oxygen atoms in total. The van der Waals surface area contributed by atoms with Gasteiger partial charge in [0.05, 0.1) is 0 Å². The summed E-state index contributed by atoms with van der Waals surface area (Å²) >= 11 is 1.66. The summed E-state index contributed by atoms with van der Waals surface area (Å²) in [5, 5.41) is 6.05. The largest absolute Gasteiger partial charge is 0.363 e. The Morgan fingerprint density at radius 1 is 1.78 bits per heavy atom. The predicted molar refractivity (Wildman–Crippen MR) is 38.3 cm³/mol. The lowest BCUT2D eigenvalue weighted by molar-refractivity contribution is 0.921. The van der Waals surface area contributed by atoms with Crippen LogP contribution in [-0.4, -0.2) is 6.34 Å². The van der Waals surface area contributed by atoms with Crippen molar-refractivity contribution in [2.24, 2.45) is 4.99 Å². The van der Waals surface area contributed by atoms with E-state index in [0.717, 1.165) is 11.5 Å². The second kappa shape index (κ2) is 1.84. The molecule has 1 radical (unpaired) electrons. The molecule has 0 unspecified atom stereocenters. The first-order chi connectivity index (χ1) is 4.47. The van der Waals surface area contributed by atoms with Crippen molar-refractivity contribution < 1.29 is 0 Å². The Balaban J connectivity index is 2.53. The standard InChI is InChI=1S/C6H5N2S/c1-2-9-6-5(1)3-7-4-8-6/h1-2H,3H2,(H,7,8). The number of hydrogen-bond donors (Lipinski definition) is 1. The van der Waals surface area contributed by atoms with E-state index in [-0.39, 0.29) is 0 Å². The highest BCUT2D eigenvalue weighted by Gasteiger charge is 2.04. The third-order valence-electron chi connectivity index (χ3n) is 1.24. The SMILES string of the molecule is [C]1=Nc2sccc2CN1. The zero-order valence-electron chi connectivity index (χ0n) is 4.72. The van der Waals surface area contributed by atoms with Gasteiger partial charge in [-0.15, -0.1) is 11.3 Å². The van der Waals surface area contributed by atoms with Gasteiger partial charge in [0.1, 0.15) is 5.00 Å². The van der Waals surface area contributed by atoms with Crippen LogP contribution in [0.3, 0.4) is 0 Å². The van der Waals surface area contributed by atoms with E-state index in [1.54, 1.807) is 11.3 Å². The summed E-state index contributed by atoms with van der Waals surface area (Å²) in [6, 6.07) is 2.08. The Labute approximate surface area is 57.2 Å². The minimum Gasteiger partial charge on any atom is -0.363 e. The highest BCUT2D eigenvalue weighted by molar-refractivity contribution is 7.14. The van der Waals surface area contributed by atoms with Gasteiger partial charge in [-0.2, -0.15) is 0 Å². The van der Waals surface area contributed by atoms with Gasteiger partial charge in [0.15, 0.2) is 6.34 Å². The van der Waals surface area contributed by atoms with Gasteiger partial charge in [0.2, 0.25) is 0 Å². The fourth-order valence-electron chi connectivity index (χ4n) is 0.785. The lowest BCUT2D eigenvalue weighted by atomic mass is 10.3. The molecule has 0 bridgehead atoms. The molecule has 0 amide bonds. The van der Waals surface area contributed by atoms with Crippen molar-refractivity contribution in [3.8, 4) is 0 Å². The molecule has 0 aromatic carbocycles. The molecule has 3 heteroatoms. The maximum atomic E-state index is 4.01. The summed E-state index contributed by atoms with van der Waals surface area (Å²) in [5.74, 6) is 0. The third kappa shape index (κ3) is 0.733. The van der Waals surface area contributed by atoms with Gasteiger partial charge >= 0.3 is 0 Å². The molecule has 0 aliphatic carbocycles. The highest BCUT2D eigenvalue weighted by atomic mass is 32.1. The van der Waals surface area contributed by atoms with E-state index in [1.165, 1.54) is 5.56 Å². The van der Waals surface area contributed by atoms with Crippen LogP contribution in [0.2, 0.25) is 0 Å². The minimum atomic E-state index is 0.877. The Hall–Kier alpha value is -0.830. The average Bonchev–Trinajstić information content (AvgIpc) is 2.33. The fraction of sp³-hybridized carbons (Fsp3) is 0.167. The summed E-state index contributed by atoms with van der Waals surface area (Å²) in [6.07, 6.45) is 2.71. The highest BCUT2D eigenvalue weighted by Crippen LogP contribution is 2.27. The molecule has 2 rings (SSSR count). The number of aliphatic imine (C=N–C) groups is 1. The summed E-state index contributed by atoms with van der Waals surface area (Å²) in [4.78, 5) is 4.01. The minimum absolute atomic E-state index is 0.877. The van der Waals surface area contributed by atoms with E-state index in [1.807, 2.05) is 5.38 Å². The van der Waals surface area contributed by atoms with E-state index in [9.17, 15) is 0 Å². The maximum absolute atomic E-state index is 4.01. The molecule has 0 fully saturated rings. The van der Waals surface area contributed by atoms with Crippen molar-refractivity contribution in [2.75, 3.05) is 0 Å². The van der Waals surface area contributed by atoms with Gasteiger partial charge in [0, 0.05) is 12.1 Å². The summed E-state index contributed by atoms with van der Waals surface area (Å²) in [6.45, 7) is 0.877. The van der Waals surface area contributed by atoms with E-state index in [4.69, 9.17) is 0 Å². The quantitative estimate of drug-likeness (QED) is 0.574. The predicted octanol–water partition coefficient (Wildman–Crippen LogP) is 1.39. The van der Waals surface area contributed by atoms with Crippen LogP contribution in [0.1, 0.15) is 5.56 Å². The van der Waals surface area contributed by atoms with Crippen LogP contribution in [0, 0.1) is 0 Å². The molecule has 1 aliphatic heterocycles. The third-order valence-corrected chi connectivity index (χ3v) is 2.09. The number of rotatable bonds is 0. The lowest BCUT2D eigenvalue weighted by Gasteiger charge is -2.02. The van der Waals surface area contributed by atoms with Gasteiger partial charge < -0.3 is 5.32 Å². The number of thiophene rings is 1. The Morgan fingerprint density at radius 3 is 3.67 bits per heavy atom. The van der Waals surface area contributed by atoms with Crippen molar-refractivity contribution in [2.45, 2.75) is 6.54 Å². The first kappa shape index (κ1) is 4.99. The molecule has 2 heterocycles. The topological polar surface area (TPSA) is 24.4 Å². The zero-order valence-corrected chi connectivity index (χ0v) is 5.53. The molecule has 1 aromatic rings. The fourth-order valence-corrected chi connectivity index (χ4v) is 1.54. The zero-order chi connectivity index (χ0) is 6.10. The molecule has 1 N–H and O–H groups in total. The second-order valence-corrected chi connectivity index (χ2v) is 2.72. The Kier molecular flexibility index (Phi) is 1.02. The van der Waals surface area contributed by atoms with E-state index >= 15 is 0 Å². The molecule has 0 atom stereocenters. The van der Waals surface area contributed by atoms with E-state index < -0.39 is 0 Å². The molecule has 1 aliphatic rings. The number of hydrogen-bond acceptors (Lipinski definition) is 3. The van der Waals surface area contributed by atoms with Crippen molar-refractivity contribution in [1.82, 2.24) is 5.32 Å². The molecule has 1 aromatic heterocycles. The summed E-state index contributed by atoms with van der Waals surface area (Å²) in [5.41, 5.74) is 1.28. The number of fused-ring (bicyclic) bond motifs is 1. The monoisotopic (exact) mass is 137 g/mol. The maximum Gasteiger partial charge on any atom is 0.170 e. The van der Waals surface area contributed by atoms with E-state index in [2.05, 4.69) is 22.7 Å². The van der Waals surface area contributed by atoms with Gasteiger partial charge in [-0.25, -0.2) is 4.99 Å². The van der Waals surface area contributed by atoms with Gasteiger partial charge in [-0.3, -0.25) is 0 Å². The summed E-state index contributed by atoms with van der Waals surface area (Å²) < 4.78 is 0. The Bertz CT molecular complexity index is 239. The molecule has 0 saturated carbocycles. The molecule has 0 saturated heterocycles. The first-order valence-electron chi connectivity index (χ1n) is 2.72. The van der Waals surface area contributed by atoms with Crippen molar-refractivity contribution >= 4 is 22.7 Å². The van der Waals surface area contributed by atoms with Crippen molar-refractivity contribution in [3.63, 3.8) is 0 Å². The van der Waals surface area contributed by atoms with Crippen LogP contribution in [0.4, 0.5) is 5.00 Å². The van der Waals surface area contributed by atoms with Crippen LogP contribution in [0.5, 0.6) is 0 Å². The smallest absolute Gasteiger partial charge is 0.170 e. The van der Waals surface area contributed by atoms with Crippen LogP contribution in [-0.2, 0) is 6.54 Å². The van der Waals surface area contributed by atoms with Gasteiger partial charge in [-0.05, 0) is 11.4 Å². The molecule has 45 valence electrons. The molecule has 0 spiro atoms. The number of nitrogens with zero attached hydrogens (tertiary/aromatic N) is 1. The normalized spacial score (nSPS) is 14.7. The van der Waals surface area contributed by atoms with Crippen LogP contribution in [0.25, 0.3) is 0 Å². The second-order valence-electron chi connectivity index (χ2n) is 1.83. The van der Waals surface area contributed by atoms with Gasteiger partial charge in [-0.1, -0.05) is 0 Å². The van der Waals surface area contributed by atoms with Crippen LogP contribution >= 0.6 is 11.3 Å². The van der Waals surface area contributed by atoms with Crippen molar-refractivity contribution in [3.05, 3.63) is 17.0 Å². The first-order valence-corrected chi connectivity index (χ1v) is 3.60.